The van der Waals surface area contributed by atoms with Crippen molar-refractivity contribution >= 4 is 23.4 Å². The molecule has 36 heavy (non-hydrogen) atoms. The first-order valence-electron chi connectivity index (χ1n) is 12.9. The average molecular weight is 503 g/mol. The van der Waals surface area contributed by atoms with E-state index in [0.29, 0.717) is 18.0 Å². The Kier molecular flexibility index (Phi) is 9.18. The highest BCUT2D eigenvalue weighted by Crippen LogP contribution is 2.22. The van der Waals surface area contributed by atoms with Gasteiger partial charge < -0.3 is 10.2 Å². The lowest BCUT2D eigenvalue weighted by Crippen LogP contribution is -2.53. The number of hydrogen-bond acceptors (Lipinski definition) is 2. The summed E-state index contributed by atoms with van der Waals surface area (Å²) in [6.07, 6.45) is 6.08. The third kappa shape index (κ3) is 7.20. The maximum Gasteiger partial charge on any atom is 0.243 e. The first-order chi connectivity index (χ1) is 17.5. The number of carbonyl (C=O) groups is 2. The normalized spacial score (nSPS) is 14.7. The summed E-state index contributed by atoms with van der Waals surface area (Å²) >= 11 is 6.40. The third-order valence-electron chi connectivity index (χ3n) is 7.00. The summed E-state index contributed by atoms with van der Waals surface area (Å²) in [7, 11) is 0. The molecular formula is C31H35ClN2O2. The van der Waals surface area contributed by atoms with E-state index >= 15 is 0 Å². The van der Waals surface area contributed by atoms with Gasteiger partial charge in [-0.1, -0.05) is 109 Å². The summed E-state index contributed by atoms with van der Waals surface area (Å²) in [5.41, 5.74) is 3.95. The van der Waals surface area contributed by atoms with Crippen LogP contribution in [0.1, 0.15) is 54.4 Å². The van der Waals surface area contributed by atoms with Crippen molar-refractivity contribution in [2.75, 3.05) is 0 Å². The number of halogens is 1. The van der Waals surface area contributed by atoms with Crippen molar-refractivity contribution in [1.29, 1.82) is 0 Å². The first kappa shape index (κ1) is 26.0. The zero-order chi connectivity index (χ0) is 25.3. The topological polar surface area (TPSA) is 49.4 Å². The Balaban J connectivity index is 1.65. The van der Waals surface area contributed by atoms with E-state index in [4.69, 9.17) is 11.6 Å². The Hall–Kier alpha value is -3.11. The Bertz CT molecular complexity index is 1140. The number of nitrogens with one attached hydrogen (secondary N) is 1. The Morgan fingerprint density at radius 2 is 1.56 bits per heavy atom. The molecule has 0 aromatic heterocycles. The predicted molar refractivity (Wildman–Crippen MR) is 146 cm³/mol. The van der Waals surface area contributed by atoms with Crippen molar-refractivity contribution in [3.05, 3.63) is 106 Å². The molecule has 4 rings (SSSR count). The second-order valence-corrected chi connectivity index (χ2v) is 10.2. The lowest BCUT2D eigenvalue weighted by Gasteiger charge is -2.33. The molecule has 2 amide bonds. The quantitative estimate of drug-likeness (QED) is 0.374. The molecular weight excluding hydrogens is 468 g/mol. The summed E-state index contributed by atoms with van der Waals surface area (Å²) in [4.78, 5) is 29.4. The molecule has 1 unspecified atom stereocenters. The van der Waals surface area contributed by atoms with Gasteiger partial charge in [0.2, 0.25) is 11.8 Å². The molecule has 3 aromatic rings. The SMILES string of the molecule is Cc1ccc(CN(C(=O)Cc2ccccc2Cl)C(Cc2ccccc2)C(=O)NC2CCCCC2)cc1. The van der Waals surface area contributed by atoms with Crippen molar-refractivity contribution in [3.8, 4) is 0 Å². The highest BCUT2D eigenvalue weighted by atomic mass is 35.5. The van der Waals surface area contributed by atoms with Gasteiger partial charge in [-0.15, -0.1) is 0 Å². The number of rotatable bonds is 9. The van der Waals surface area contributed by atoms with Gasteiger partial charge in [-0.05, 0) is 42.5 Å². The zero-order valence-electron chi connectivity index (χ0n) is 21.0. The maximum absolute atomic E-state index is 13.9. The molecule has 0 saturated heterocycles. The first-order valence-corrected chi connectivity index (χ1v) is 13.3. The molecule has 1 saturated carbocycles. The number of amides is 2. The molecule has 1 fully saturated rings. The van der Waals surface area contributed by atoms with Crippen LogP contribution in [0.3, 0.4) is 0 Å². The zero-order valence-corrected chi connectivity index (χ0v) is 21.7. The smallest absolute Gasteiger partial charge is 0.243 e. The Morgan fingerprint density at radius 1 is 0.889 bits per heavy atom. The fourth-order valence-corrected chi connectivity index (χ4v) is 5.10. The van der Waals surface area contributed by atoms with Crippen LogP contribution >= 0.6 is 11.6 Å². The second kappa shape index (κ2) is 12.7. The van der Waals surface area contributed by atoms with E-state index in [1.165, 1.54) is 6.42 Å². The molecule has 0 bridgehead atoms. The van der Waals surface area contributed by atoms with Crippen molar-refractivity contribution < 1.29 is 9.59 Å². The van der Waals surface area contributed by atoms with Gasteiger partial charge in [-0.3, -0.25) is 9.59 Å². The molecule has 4 nitrogen and oxygen atoms in total. The van der Waals surface area contributed by atoms with Gasteiger partial charge in [0.15, 0.2) is 0 Å². The highest BCUT2D eigenvalue weighted by molar-refractivity contribution is 6.31. The van der Waals surface area contributed by atoms with Gasteiger partial charge in [-0.25, -0.2) is 0 Å². The van der Waals surface area contributed by atoms with E-state index in [1.807, 2.05) is 79.7 Å². The van der Waals surface area contributed by atoms with Gasteiger partial charge in [-0.2, -0.15) is 0 Å². The average Bonchev–Trinajstić information content (AvgIpc) is 2.89. The Labute approximate surface area is 219 Å². The van der Waals surface area contributed by atoms with Crippen LogP contribution in [0.2, 0.25) is 5.02 Å². The lowest BCUT2D eigenvalue weighted by molar-refractivity contribution is -0.141. The van der Waals surface area contributed by atoms with Crippen LogP contribution in [-0.4, -0.2) is 28.8 Å². The number of carbonyl (C=O) groups excluding carboxylic acids is 2. The van der Waals surface area contributed by atoms with Crippen LogP contribution in [0.15, 0.2) is 78.9 Å². The van der Waals surface area contributed by atoms with Crippen LogP contribution in [-0.2, 0) is 29.0 Å². The molecule has 1 aliphatic rings. The monoisotopic (exact) mass is 502 g/mol. The van der Waals surface area contributed by atoms with Gasteiger partial charge in [0.1, 0.15) is 6.04 Å². The van der Waals surface area contributed by atoms with Crippen LogP contribution in [0.5, 0.6) is 0 Å². The van der Waals surface area contributed by atoms with E-state index in [-0.39, 0.29) is 24.3 Å². The summed E-state index contributed by atoms with van der Waals surface area (Å²) in [5, 5.41) is 3.85. The number of aryl methyl sites for hydroxylation is 1. The summed E-state index contributed by atoms with van der Waals surface area (Å²) in [6, 6.07) is 25.1. The van der Waals surface area contributed by atoms with Crippen LogP contribution in [0.25, 0.3) is 0 Å². The summed E-state index contributed by atoms with van der Waals surface area (Å²) < 4.78 is 0. The van der Waals surface area contributed by atoms with E-state index in [1.54, 1.807) is 11.0 Å². The number of benzene rings is 3. The number of hydrogen-bond donors (Lipinski definition) is 1. The van der Waals surface area contributed by atoms with Gasteiger partial charge >= 0.3 is 0 Å². The maximum atomic E-state index is 13.9. The van der Waals surface area contributed by atoms with E-state index in [9.17, 15) is 9.59 Å². The minimum atomic E-state index is -0.620. The molecule has 0 heterocycles. The molecule has 188 valence electrons. The van der Waals surface area contributed by atoms with Crippen molar-refractivity contribution in [1.82, 2.24) is 10.2 Å². The molecule has 5 heteroatoms. The largest absolute Gasteiger partial charge is 0.352 e. The predicted octanol–water partition coefficient (Wildman–Crippen LogP) is 6.28. The van der Waals surface area contributed by atoms with Crippen LogP contribution in [0.4, 0.5) is 0 Å². The van der Waals surface area contributed by atoms with Crippen molar-refractivity contribution in [2.45, 2.75) is 70.5 Å². The summed E-state index contributed by atoms with van der Waals surface area (Å²) in [5.74, 6) is -0.186. The summed E-state index contributed by atoms with van der Waals surface area (Å²) in [6.45, 7) is 2.40. The minimum Gasteiger partial charge on any atom is -0.352 e. The molecule has 1 N–H and O–H groups in total. The molecule has 0 aliphatic heterocycles. The molecule has 0 radical (unpaired) electrons. The highest BCUT2D eigenvalue weighted by Gasteiger charge is 2.32. The number of nitrogens with zero attached hydrogens (tertiary/aromatic N) is 1. The fourth-order valence-electron chi connectivity index (χ4n) is 4.89. The van der Waals surface area contributed by atoms with Gasteiger partial charge in [0.25, 0.3) is 0 Å². The van der Waals surface area contributed by atoms with Gasteiger partial charge in [0.05, 0.1) is 6.42 Å². The molecule has 1 atom stereocenters. The van der Waals surface area contributed by atoms with Crippen LogP contribution in [0, 0.1) is 6.92 Å². The standard InChI is InChI=1S/C31H35ClN2O2/c1-23-16-18-25(19-17-23)22-34(30(35)21-26-12-8-9-15-28(26)32)29(20-24-10-4-2-5-11-24)31(36)33-27-13-6-3-7-14-27/h2,4-5,8-12,15-19,27,29H,3,6-7,13-14,20-22H2,1H3,(H,33,36). The van der Waals surface area contributed by atoms with Crippen molar-refractivity contribution in [3.63, 3.8) is 0 Å². The fraction of sp³-hybridized carbons (Fsp3) is 0.355. The van der Waals surface area contributed by atoms with E-state index in [0.717, 1.165) is 47.9 Å². The second-order valence-electron chi connectivity index (χ2n) is 9.82. The lowest BCUT2D eigenvalue weighted by atomic mass is 9.94. The third-order valence-corrected chi connectivity index (χ3v) is 7.36. The Morgan fingerprint density at radius 3 is 2.25 bits per heavy atom. The molecule has 0 spiro atoms. The van der Waals surface area contributed by atoms with E-state index < -0.39 is 6.04 Å². The van der Waals surface area contributed by atoms with Crippen LogP contribution < -0.4 is 5.32 Å². The van der Waals surface area contributed by atoms with Gasteiger partial charge in [0, 0.05) is 24.0 Å². The molecule has 3 aromatic carbocycles. The van der Waals surface area contributed by atoms with Crippen molar-refractivity contribution in [2.24, 2.45) is 0 Å². The minimum absolute atomic E-state index is 0.0784. The van der Waals surface area contributed by atoms with E-state index in [2.05, 4.69) is 5.32 Å². The molecule has 1 aliphatic carbocycles.